The highest BCUT2D eigenvalue weighted by molar-refractivity contribution is 6.16. The number of aromatic nitrogens is 2. The van der Waals surface area contributed by atoms with Gasteiger partial charge in [-0.3, -0.25) is 0 Å². The van der Waals surface area contributed by atoms with E-state index in [0.29, 0.717) is 23.5 Å². The Morgan fingerprint density at radius 2 is 2.05 bits per heavy atom. The molecule has 0 spiro atoms. The average Bonchev–Trinajstić information content (AvgIpc) is 2.86. The van der Waals surface area contributed by atoms with Crippen molar-refractivity contribution < 1.29 is 0 Å². The lowest BCUT2D eigenvalue weighted by molar-refractivity contribution is 0.337. The van der Waals surface area contributed by atoms with Crippen LogP contribution in [0.15, 0.2) is 18.2 Å². The maximum Gasteiger partial charge on any atom is 0.143 e. The lowest BCUT2D eigenvalue weighted by Crippen LogP contribution is -2.51. The molecule has 0 amide bonds. The van der Waals surface area contributed by atoms with E-state index in [2.05, 4.69) is 34.6 Å². The molecular formula is C16H19ClN4. The summed E-state index contributed by atoms with van der Waals surface area (Å²) in [7, 11) is 0. The molecule has 0 saturated carbocycles. The van der Waals surface area contributed by atoms with E-state index < -0.39 is 0 Å². The van der Waals surface area contributed by atoms with Gasteiger partial charge >= 0.3 is 0 Å². The van der Waals surface area contributed by atoms with Gasteiger partial charge < -0.3 is 5.01 Å². The summed E-state index contributed by atoms with van der Waals surface area (Å²) in [5.74, 6) is 1.16. The van der Waals surface area contributed by atoms with E-state index in [0.717, 1.165) is 16.9 Å². The molecule has 21 heavy (non-hydrogen) atoms. The van der Waals surface area contributed by atoms with Crippen LogP contribution < -0.4 is 5.01 Å². The summed E-state index contributed by atoms with van der Waals surface area (Å²) in [6.07, 6.45) is 3.60. The molecule has 0 aliphatic carbocycles. The normalized spacial score (nSPS) is 22.5. The molecule has 1 aromatic heterocycles. The number of nitriles is 1. The van der Waals surface area contributed by atoms with E-state index in [-0.39, 0.29) is 0 Å². The Morgan fingerprint density at radius 1 is 1.33 bits per heavy atom. The summed E-state index contributed by atoms with van der Waals surface area (Å²) in [5, 5.41) is 11.6. The van der Waals surface area contributed by atoms with Crippen LogP contribution in [0.1, 0.15) is 44.5 Å². The van der Waals surface area contributed by atoms with Crippen LogP contribution in [0.4, 0.5) is 0 Å². The van der Waals surface area contributed by atoms with Gasteiger partial charge in [-0.05, 0) is 45.2 Å². The van der Waals surface area contributed by atoms with Crippen molar-refractivity contribution in [1.29, 1.82) is 5.26 Å². The molecule has 3 rings (SSSR count). The monoisotopic (exact) mass is 302 g/mol. The molecule has 0 bridgehead atoms. The van der Waals surface area contributed by atoms with Crippen LogP contribution >= 0.6 is 11.6 Å². The third-order valence-electron chi connectivity index (χ3n) is 4.35. The highest BCUT2D eigenvalue weighted by Gasteiger charge is 2.28. The summed E-state index contributed by atoms with van der Waals surface area (Å²) >= 11 is 6.12. The number of piperidine rings is 1. The highest BCUT2D eigenvalue weighted by Crippen LogP contribution is 2.27. The Hall–Kier alpha value is -1.73. The van der Waals surface area contributed by atoms with Crippen molar-refractivity contribution in [1.82, 2.24) is 9.66 Å². The second-order valence-electron chi connectivity index (χ2n) is 5.77. The van der Waals surface area contributed by atoms with Crippen LogP contribution in [0.3, 0.4) is 0 Å². The van der Waals surface area contributed by atoms with Crippen LogP contribution in [0.2, 0.25) is 0 Å². The first kappa shape index (κ1) is 14.2. The molecule has 2 heterocycles. The summed E-state index contributed by atoms with van der Waals surface area (Å²) in [6, 6.07) is 8.85. The Kier molecular flexibility index (Phi) is 3.77. The van der Waals surface area contributed by atoms with Gasteiger partial charge in [0.1, 0.15) is 17.4 Å². The average molecular weight is 303 g/mol. The Bertz CT molecular complexity index is 690. The quantitative estimate of drug-likeness (QED) is 0.797. The maximum absolute atomic E-state index is 9.28. The predicted molar refractivity (Wildman–Crippen MR) is 85.0 cm³/mol. The third-order valence-corrected chi connectivity index (χ3v) is 4.59. The molecular weight excluding hydrogens is 284 g/mol. The number of alkyl halides is 1. The second kappa shape index (κ2) is 5.57. The number of fused-ring (bicyclic) bond motifs is 1. The van der Waals surface area contributed by atoms with Crippen LogP contribution in [-0.2, 0) is 5.88 Å². The van der Waals surface area contributed by atoms with E-state index in [1.807, 2.05) is 12.1 Å². The lowest BCUT2D eigenvalue weighted by Gasteiger charge is -2.42. The number of halogens is 1. The number of imidazole rings is 1. The lowest BCUT2D eigenvalue weighted by atomic mass is 10.00. The topological polar surface area (TPSA) is 44.9 Å². The van der Waals surface area contributed by atoms with Crippen molar-refractivity contribution in [3.05, 3.63) is 29.6 Å². The van der Waals surface area contributed by atoms with Gasteiger partial charge in [-0.2, -0.15) is 5.26 Å². The molecule has 1 fully saturated rings. The molecule has 2 aromatic rings. The van der Waals surface area contributed by atoms with E-state index >= 15 is 0 Å². The zero-order valence-corrected chi connectivity index (χ0v) is 13.1. The van der Waals surface area contributed by atoms with Crippen molar-refractivity contribution >= 4 is 22.6 Å². The van der Waals surface area contributed by atoms with E-state index in [1.54, 1.807) is 6.07 Å². The van der Waals surface area contributed by atoms with Crippen LogP contribution in [-0.4, -0.2) is 21.7 Å². The molecule has 0 radical (unpaired) electrons. The van der Waals surface area contributed by atoms with Crippen molar-refractivity contribution in [2.24, 2.45) is 0 Å². The molecule has 5 heteroatoms. The number of rotatable bonds is 2. The molecule has 0 N–H and O–H groups in total. The fraction of sp³-hybridized carbons (Fsp3) is 0.500. The zero-order chi connectivity index (χ0) is 15.0. The second-order valence-corrected chi connectivity index (χ2v) is 6.03. The number of para-hydroxylation sites is 1. The summed E-state index contributed by atoms with van der Waals surface area (Å²) < 4.78 is 2.14. The third kappa shape index (κ3) is 2.26. The van der Waals surface area contributed by atoms with Crippen molar-refractivity contribution in [2.75, 3.05) is 5.01 Å². The molecule has 110 valence electrons. The van der Waals surface area contributed by atoms with Gasteiger partial charge in [-0.1, -0.05) is 6.07 Å². The zero-order valence-electron chi connectivity index (χ0n) is 12.4. The summed E-state index contributed by atoms with van der Waals surface area (Å²) in [5.41, 5.74) is 2.33. The molecule has 1 aliphatic heterocycles. The van der Waals surface area contributed by atoms with Gasteiger partial charge in [0.15, 0.2) is 0 Å². The first-order chi connectivity index (χ1) is 10.2. The molecule has 1 aromatic carbocycles. The standard InChI is InChI=1S/C16H19ClN4/c1-11-5-3-6-12(2)20(11)21-14-8-4-7-13(10-18)16(14)19-15(21)9-17/h4,7-8,11-12H,3,5-6,9H2,1-2H3. The number of benzene rings is 1. The molecule has 2 unspecified atom stereocenters. The molecule has 1 aliphatic rings. The minimum Gasteiger partial charge on any atom is -0.305 e. The molecule has 1 saturated heterocycles. The number of hydrogen-bond acceptors (Lipinski definition) is 3. The van der Waals surface area contributed by atoms with E-state index in [9.17, 15) is 5.26 Å². The van der Waals surface area contributed by atoms with Crippen molar-refractivity contribution in [3.8, 4) is 6.07 Å². The van der Waals surface area contributed by atoms with E-state index in [1.165, 1.54) is 19.3 Å². The van der Waals surface area contributed by atoms with Gasteiger partial charge in [0.05, 0.1) is 17.0 Å². The number of nitrogens with zero attached hydrogens (tertiary/aromatic N) is 4. The van der Waals surface area contributed by atoms with Gasteiger partial charge in [-0.15, -0.1) is 11.6 Å². The first-order valence-electron chi connectivity index (χ1n) is 7.42. The Morgan fingerprint density at radius 3 is 2.67 bits per heavy atom. The van der Waals surface area contributed by atoms with Crippen LogP contribution in [0.25, 0.3) is 11.0 Å². The SMILES string of the molecule is CC1CCCC(C)N1n1c(CCl)nc2c(C#N)cccc21. The van der Waals surface area contributed by atoms with Gasteiger partial charge in [-0.25, -0.2) is 9.66 Å². The first-order valence-corrected chi connectivity index (χ1v) is 7.95. The molecule has 4 nitrogen and oxygen atoms in total. The van der Waals surface area contributed by atoms with Crippen molar-refractivity contribution in [2.45, 2.75) is 51.1 Å². The molecule has 2 atom stereocenters. The van der Waals surface area contributed by atoms with Crippen LogP contribution in [0, 0.1) is 11.3 Å². The Balaban J connectivity index is 2.23. The minimum absolute atomic E-state index is 0.343. The predicted octanol–water partition coefficient (Wildman–Crippen LogP) is 3.55. The van der Waals surface area contributed by atoms with E-state index in [4.69, 9.17) is 11.6 Å². The summed E-state index contributed by atoms with van der Waals surface area (Å²) in [4.78, 5) is 4.61. The fourth-order valence-electron chi connectivity index (χ4n) is 3.37. The van der Waals surface area contributed by atoms with Gasteiger partial charge in [0.25, 0.3) is 0 Å². The van der Waals surface area contributed by atoms with Crippen molar-refractivity contribution in [3.63, 3.8) is 0 Å². The number of hydrogen-bond donors (Lipinski definition) is 0. The Labute approximate surface area is 129 Å². The highest BCUT2D eigenvalue weighted by atomic mass is 35.5. The fourth-order valence-corrected chi connectivity index (χ4v) is 3.54. The minimum atomic E-state index is 0.343. The maximum atomic E-state index is 9.28. The van der Waals surface area contributed by atoms with Gasteiger partial charge in [0, 0.05) is 12.1 Å². The largest absolute Gasteiger partial charge is 0.305 e. The summed E-state index contributed by atoms with van der Waals surface area (Å²) in [6.45, 7) is 4.49. The van der Waals surface area contributed by atoms with Gasteiger partial charge in [0.2, 0.25) is 0 Å². The van der Waals surface area contributed by atoms with Crippen LogP contribution in [0.5, 0.6) is 0 Å². The smallest absolute Gasteiger partial charge is 0.143 e.